The van der Waals surface area contributed by atoms with Crippen LogP contribution in [0.5, 0.6) is 0 Å². The molecule has 2 aromatic carbocycles. The molecule has 1 aliphatic heterocycles. The Morgan fingerprint density at radius 2 is 1.73 bits per heavy atom. The summed E-state index contributed by atoms with van der Waals surface area (Å²) in [6, 6.07) is 14.0. The van der Waals surface area contributed by atoms with Crippen molar-refractivity contribution < 1.29 is 19.8 Å². The Morgan fingerprint density at radius 1 is 1.03 bits per heavy atom. The van der Waals surface area contributed by atoms with Gasteiger partial charge in [0, 0.05) is 61.9 Å². The number of rotatable bonds is 8. The third-order valence-electron chi connectivity index (χ3n) is 6.15. The lowest BCUT2D eigenvalue weighted by atomic mass is 10.0. The van der Waals surface area contributed by atoms with Crippen LogP contribution in [-0.2, 0) is 11.3 Å². The minimum Gasteiger partial charge on any atom is -0.480 e. The van der Waals surface area contributed by atoms with Crippen LogP contribution in [0.1, 0.15) is 34.5 Å². The molecule has 7 nitrogen and oxygen atoms in total. The zero-order valence-corrected chi connectivity index (χ0v) is 18.8. The van der Waals surface area contributed by atoms with Crippen LogP contribution in [0.15, 0.2) is 66.9 Å². The van der Waals surface area contributed by atoms with Gasteiger partial charge in [-0.1, -0.05) is 42.5 Å². The van der Waals surface area contributed by atoms with Gasteiger partial charge in [0.05, 0.1) is 5.56 Å². The van der Waals surface area contributed by atoms with E-state index >= 15 is 0 Å². The van der Waals surface area contributed by atoms with Crippen molar-refractivity contribution in [2.45, 2.75) is 19.5 Å². The average molecular weight is 448 g/mol. The number of hydrogen-bond donors (Lipinski definition) is 2. The highest BCUT2D eigenvalue weighted by Gasteiger charge is 2.33. The Balaban J connectivity index is 1.73. The second kappa shape index (κ2) is 9.60. The van der Waals surface area contributed by atoms with Gasteiger partial charge in [-0.25, -0.2) is 4.79 Å². The highest BCUT2D eigenvalue weighted by Crippen LogP contribution is 2.32. The van der Waals surface area contributed by atoms with Gasteiger partial charge in [-0.2, -0.15) is 0 Å². The molecule has 0 spiro atoms. The maximum Gasteiger partial charge on any atom is 0.335 e. The lowest BCUT2D eigenvalue weighted by Gasteiger charge is -2.37. The molecular weight excluding hydrogens is 418 g/mol. The summed E-state index contributed by atoms with van der Waals surface area (Å²) in [6.07, 6.45) is 1.88. The quantitative estimate of drug-likeness (QED) is 0.512. The van der Waals surface area contributed by atoms with Gasteiger partial charge in [0.1, 0.15) is 6.04 Å². The molecule has 0 radical (unpaired) electrons. The van der Waals surface area contributed by atoms with Gasteiger partial charge in [0.2, 0.25) is 0 Å². The van der Waals surface area contributed by atoms with E-state index in [-0.39, 0.29) is 5.56 Å². The molecular formula is C26H29N3O4. The number of carbonyl (C=O) groups is 2. The maximum atomic E-state index is 12.5. The van der Waals surface area contributed by atoms with Crippen molar-refractivity contribution in [3.63, 3.8) is 0 Å². The fraction of sp³-hybridized carbons (Fsp3) is 0.308. The third kappa shape index (κ3) is 4.99. The summed E-state index contributed by atoms with van der Waals surface area (Å²) in [5.74, 6) is -1.96. The van der Waals surface area contributed by atoms with Gasteiger partial charge in [0.15, 0.2) is 0 Å². The number of fused-ring (bicyclic) bond motifs is 1. The summed E-state index contributed by atoms with van der Waals surface area (Å²) in [7, 11) is 0. The molecule has 1 atom stereocenters. The number of carboxylic acids is 2. The molecule has 172 valence electrons. The van der Waals surface area contributed by atoms with Crippen molar-refractivity contribution in [2.75, 3.05) is 32.7 Å². The topological polar surface area (TPSA) is 86.0 Å². The molecule has 1 aromatic heterocycles. The number of nitrogens with zero attached hydrogens (tertiary/aromatic N) is 3. The molecule has 0 amide bonds. The van der Waals surface area contributed by atoms with E-state index in [9.17, 15) is 19.8 Å². The molecule has 0 unspecified atom stereocenters. The van der Waals surface area contributed by atoms with Crippen LogP contribution in [0.25, 0.3) is 10.9 Å². The number of aromatic carboxylic acids is 1. The van der Waals surface area contributed by atoms with Gasteiger partial charge in [-0.3, -0.25) is 14.6 Å². The summed E-state index contributed by atoms with van der Waals surface area (Å²) < 4.78 is 2.01. The average Bonchev–Trinajstić information content (AvgIpc) is 3.12. The monoisotopic (exact) mass is 447 g/mol. The smallest absolute Gasteiger partial charge is 0.335 e. The Bertz CT molecular complexity index is 1180. The predicted octanol–water partition coefficient (Wildman–Crippen LogP) is 3.71. The molecule has 7 heteroatoms. The predicted molar refractivity (Wildman–Crippen MR) is 128 cm³/mol. The molecule has 1 saturated heterocycles. The number of benzene rings is 2. The Hall–Kier alpha value is -3.42. The van der Waals surface area contributed by atoms with Gasteiger partial charge in [0.25, 0.3) is 0 Å². The van der Waals surface area contributed by atoms with E-state index < -0.39 is 18.0 Å². The third-order valence-corrected chi connectivity index (χ3v) is 6.15. The van der Waals surface area contributed by atoms with E-state index in [1.54, 1.807) is 18.2 Å². The molecule has 4 rings (SSSR count). The van der Waals surface area contributed by atoms with Crippen LogP contribution in [0.2, 0.25) is 0 Å². The van der Waals surface area contributed by atoms with E-state index in [2.05, 4.69) is 11.5 Å². The lowest BCUT2D eigenvalue weighted by Crippen LogP contribution is -2.49. The first-order valence-corrected chi connectivity index (χ1v) is 11.1. The van der Waals surface area contributed by atoms with Crippen LogP contribution in [-0.4, -0.2) is 69.2 Å². The largest absolute Gasteiger partial charge is 0.480 e. The number of carboxylic acid groups (broad SMARTS) is 2. The second-order valence-electron chi connectivity index (χ2n) is 8.75. The number of piperazine rings is 1. The van der Waals surface area contributed by atoms with Gasteiger partial charge < -0.3 is 14.8 Å². The van der Waals surface area contributed by atoms with E-state index in [4.69, 9.17) is 0 Å². The van der Waals surface area contributed by atoms with E-state index in [1.807, 2.05) is 52.9 Å². The summed E-state index contributed by atoms with van der Waals surface area (Å²) in [6.45, 7) is 10.1. The normalized spacial score (nSPS) is 16.0. The minimum absolute atomic E-state index is 0.150. The first kappa shape index (κ1) is 22.8. The van der Waals surface area contributed by atoms with Crippen molar-refractivity contribution in [2.24, 2.45) is 0 Å². The minimum atomic E-state index is -1.03. The first-order chi connectivity index (χ1) is 15.8. The lowest BCUT2D eigenvalue weighted by molar-refractivity contribution is -0.144. The van der Waals surface area contributed by atoms with Crippen LogP contribution < -0.4 is 0 Å². The number of hydrogen-bond acceptors (Lipinski definition) is 4. The van der Waals surface area contributed by atoms with Gasteiger partial charge in [-0.05, 0) is 30.7 Å². The van der Waals surface area contributed by atoms with Crippen molar-refractivity contribution >= 4 is 22.8 Å². The van der Waals surface area contributed by atoms with Crippen molar-refractivity contribution in [3.05, 3.63) is 83.6 Å². The van der Waals surface area contributed by atoms with Gasteiger partial charge in [-0.15, -0.1) is 0 Å². The number of aromatic nitrogens is 1. The van der Waals surface area contributed by atoms with E-state index in [0.717, 1.165) is 36.3 Å². The zero-order valence-electron chi connectivity index (χ0n) is 18.8. The van der Waals surface area contributed by atoms with Crippen LogP contribution in [0.3, 0.4) is 0 Å². The zero-order chi connectivity index (χ0) is 23.5. The van der Waals surface area contributed by atoms with Crippen molar-refractivity contribution in [1.29, 1.82) is 0 Å². The molecule has 33 heavy (non-hydrogen) atoms. The summed E-state index contributed by atoms with van der Waals surface area (Å²) in [5, 5.41) is 20.4. The Morgan fingerprint density at radius 3 is 2.33 bits per heavy atom. The highest BCUT2D eigenvalue weighted by atomic mass is 16.4. The molecule has 3 aromatic rings. The number of aliphatic carboxylic acids is 1. The standard InChI is InChI=1S/C26H29N3O4/c1-18(2)15-27-10-12-28(13-11-27)24(26(32)33)22-17-29(16-19-6-4-3-5-7-19)23-9-8-20(25(30)31)14-21(22)23/h3-9,14,17,24H,1,10-13,15-16H2,2H3,(H,30,31)(H,32,33)/t24-/m0/s1. The second-order valence-corrected chi connectivity index (χ2v) is 8.75. The van der Waals surface area contributed by atoms with Crippen LogP contribution >= 0.6 is 0 Å². The van der Waals surface area contributed by atoms with Crippen molar-refractivity contribution in [3.8, 4) is 0 Å². The summed E-state index contributed by atoms with van der Waals surface area (Å²) in [5.41, 5.74) is 3.78. The Labute approximate surface area is 193 Å². The molecule has 1 fully saturated rings. The van der Waals surface area contributed by atoms with Crippen molar-refractivity contribution in [1.82, 2.24) is 14.4 Å². The molecule has 2 N–H and O–H groups in total. The maximum absolute atomic E-state index is 12.5. The SMILES string of the molecule is C=C(C)CN1CCN([C@H](C(=O)O)c2cn(Cc3ccccc3)c3ccc(C(=O)O)cc23)CC1. The first-order valence-electron chi connectivity index (χ1n) is 11.1. The van der Waals surface area contributed by atoms with Gasteiger partial charge >= 0.3 is 11.9 Å². The fourth-order valence-corrected chi connectivity index (χ4v) is 4.63. The molecule has 0 saturated carbocycles. The highest BCUT2D eigenvalue weighted by molar-refractivity contribution is 5.96. The Kier molecular flexibility index (Phi) is 6.62. The summed E-state index contributed by atoms with van der Waals surface area (Å²) in [4.78, 5) is 28.4. The molecule has 0 bridgehead atoms. The summed E-state index contributed by atoms with van der Waals surface area (Å²) >= 11 is 0. The van der Waals surface area contributed by atoms with Crippen LogP contribution in [0, 0.1) is 0 Å². The molecule has 1 aliphatic rings. The fourth-order valence-electron chi connectivity index (χ4n) is 4.63. The molecule has 2 heterocycles. The van der Waals surface area contributed by atoms with E-state index in [1.165, 1.54) is 0 Å². The molecule has 0 aliphatic carbocycles. The van der Waals surface area contributed by atoms with E-state index in [0.29, 0.717) is 30.6 Å². The van der Waals surface area contributed by atoms with Crippen LogP contribution in [0.4, 0.5) is 0 Å².